The van der Waals surface area contributed by atoms with Crippen molar-refractivity contribution in [2.45, 2.75) is 0 Å². The number of aliphatic hydroxyl groups is 1. The highest BCUT2D eigenvalue weighted by molar-refractivity contribution is 9.10. The van der Waals surface area contributed by atoms with Crippen LogP contribution in [0.4, 0.5) is 0 Å². The maximum Gasteiger partial charge on any atom is 0.335 e. The Hall–Kier alpha value is -1.56. The van der Waals surface area contributed by atoms with Gasteiger partial charge in [-0.1, -0.05) is 23.7 Å². The van der Waals surface area contributed by atoms with Gasteiger partial charge in [0.15, 0.2) is 0 Å². The molecule has 0 spiro atoms. The molecule has 0 saturated carbocycles. The third kappa shape index (κ3) is 3.75. The van der Waals surface area contributed by atoms with Crippen molar-refractivity contribution in [1.29, 1.82) is 0 Å². The molecule has 0 radical (unpaired) electrons. The van der Waals surface area contributed by atoms with Gasteiger partial charge in [-0.15, -0.1) is 0 Å². The largest absolute Gasteiger partial charge is 0.489 e. The Bertz CT molecular complexity index is 673. The van der Waals surface area contributed by atoms with Crippen molar-refractivity contribution in [3.05, 3.63) is 51.5 Å². The van der Waals surface area contributed by atoms with E-state index in [2.05, 4.69) is 15.9 Å². The zero-order valence-electron chi connectivity index (χ0n) is 10.8. The highest BCUT2D eigenvalue weighted by atomic mass is 79.9. The minimum absolute atomic E-state index is 0.110. The molecular formula is C15H12BrClO4. The molecule has 2 aromatic carbocycles. The van der Waals surface area contributed by atoms with Crippen molar-refractivity contribution < 1.29 is 19.7 Å². The van der Waals surface area contributed by atoms with E-state index in [-0.39, 0.29) is 18.8 Å². The topological polar surface area (TPSA) is 66.8 Å². The van der Waals surface area contributed by atoms with E-state index in [1.54, 1.807) is 18.2 Å². The Morgan fingerprint density at radius 3 is 2.67 bits per heavy atom. The van der Waals surface area contributed by atoms with Crippen LogP contribution in [0.25, 0.3) is 11.1 Å². The van der Waals surface area contributed by atoms with Crippen LogP contribution in [0.3, 0.4) is 0 Å². The Kier molecular flexibility index (Phi) is 5.22. The lowest BCUT2D eigenvalue weighted by atomic mass is 10.0. The maximum atomic E-state index is 11.2. The van der Waals surface area contributed by atoms with Gasteiger partial charge in [-0.25, -0.2) is 4.79 Å². The van der Waals surface area contributed by atoms with E-state index in [9.17, 15) is 9.90 Å². The van der Waals surface area contributed by atoms with Gasteiger partial charge in [-0.2, -0.15) is 0 Å². The third-order valence-corrected chi connectivity index (χ3v) is 3.59. The third-order valence-electron chi connectivity index (χ3n) is 2.76. The molecule has 0 amide bonds. The minimum atomic E-state index is -1.03. The SMILES string of the molecule is O=C(O)c1cc(Br)c(OCCO)c(-c2cccc(Cl)c2)c1. The van der Waals surface area contributed by atoms with Gasteiger partial charge >= 0.3 is 5.97 Å². The van der Waals surface area contributed by atoms with Crippen molar-refractivity contribution in [3.63, 3.8) is 0 Å². The number of aromatic carboxylic acids is 1. The monoisotopic (exact) mass is 370 g/mol. The molecule has 2 rings (SSSR count). The van der Waals surface area contributed by atoms with Crippen LogP contribution in [0.5, 0.6) is 5.75 Å². The van der Waals surface area contributed by atoms with Gasteiger partial charge in [-0.3, -0.25) is 0 Å². The number of carbonyl (C=O) groups is 1. The lowest BCUT2D eigenvalue weighted by Gasteiger charge is -2.14. The number of halogens is 2. The summed E-state index contributed by atoms with van der Waals surface area (Å²) in [5.74, 6) is -0.566. The Morgan fingerprint density at radius 2 is 2.05 bits per heavy atom. The molecule has 0 aliphatic carbocycles. The molecule has 4 nitrogen and oxygen atoms in total. The fourth-order valence-corrected chi connectivity index (χ4v) is 2.65. The zero-order valence-corrected chi connectivity index (χ0v) is 13.2. The smallest absolute Gasteiger partial charge is 0.335 e. The van der Waals surface area contributed by atoms with Gasteiger partial charge in [0.05, 0.1) is 16.6 Å². The summed E-state index contributed by atoms with van der Waals surface area (Å²) in [6, 6.07) is 10.0. The van der Waals surface area contributed by atoms with Crippen LogP contribution in [0.15, 0.2) is 40.9 Å². The second kappa shape index (κ2) is 6.93. The summed E-state index contributed by atoms with van der Waals surface area (Å²) < 4.78 is 6.02. The van der Waals surface area contributed by atoms with E-state index in [1.165, 1.54) is 12.1 Å². The first-order chi connectivity index (χ1) is 10.0. The molecule has 0 aromatic heterocycles. The number of hydrogen-bond donors (Lipinski definition) is 2. The first kappa shape index (κ1) is 15.8. The van der Waals surface area contributed by atoms with Crippen LogP contribution < -0.4 is 4.74 Å². The molecule has 2 aromatic rings. The second-order valence-corrected chi connectivity index (χ2v) is 5.51. The normalized spacial score (nSPS) is 10.4. The highest BCUT2D eigenvalue weighted by Crippen LogP contribution is 2.38. The van der Waals surface area contributed by atoms with Gasteiger partial charge in [0.1, 0.15) is 12.4 Å². The predicted octanol–water partition coefficient (Wildman–Crippen LogP) is 3.84. The number of aliphatic hydroxyl groups excluding tert-OH is 1. The quantitative estimate of drug-likeness (QED) is 0.838. The van der Waals surface area contributed by atoms with E-state index in [0.29, 0.717) is 20.8 Å². The van der Waals surface area contributed by atoms with Gasteiger partial charge in [0.25, 0.3) is 0 Å². The van der Waals surface area contributed by atoms with Gasteiger partial charge in [0.2, 0.25) is 0 Å². The fraction of sp³-hybridized carbons (Fsp3) is 0.133. The second-order valence-electron chi connectivity index (χ2n) is 4.22. The molecule has 0 atom stereocenters. The molecular weight excluding hydrogens is 360 g/mol. The van der Waals surface area contributed by atoms with E-state index in [4.69, 9.17) is 21.4 Å². The Morgan fingerprint density at radius 1 is 1.29 bits per heavy atom. The molecule has 2 N–H and O–H groups in total. The molecule has 0 heterocycles. The Labute approximate surface area is 135 Å². The average molecular weight is 372 g/mol. The Balaban J connectivity index is 2.61. The predicted molar refractivity (Wildman–Crippen MR) is 84.1 cm³/mol. The average Bonchev–Trinajstić information content (AvgIpc) is 2.45. The van der Waals surface area contributed by atoms with Crippen LogP contribution in [-0.4, -0.2) is 29.4 Å². The number of ether oxygens (including phenoxy) is 1. The first-order valence-corrected chi connectivity index (χ1v) is 7.26. The van der Waals surface area contributed by atoms with Crippen LogP contribution >= 0.6 is 27.5 Å². The van der Waals surface area contributed by atoms with E-state index < -0.39 is 5.97 Å². The summed E-state index contributed by atoms with van der Waals surface area (Å²) in [7, 11) is 0. The first-order valence-electron chi connectivity index (χ1n) is 6.09. The van der Waals surface area contributed by atoms with E-state index >= 15 is 0 Å². The molecule has 0 unspecified atom stereocenters. The van der Waals surface area contributed by atoms with Gasteiger partial charge in [0, 0.05) is 10.6 Å². The van der Waals surface area contributed by atoms with Crippen molar-refractivity contribution in [3.8, 4) is 16.9 Å². The summed E-state index contributed by atoms with van der Waals surface area (Å²) in [5, 5.41) is 18.6. The number of rotatable bonds is 5. The zero-order chi connectivity index (χ0) is 15.4. The summed E-state index contributed by atoms with van der Waals surface area (Å²) in [6.45, 7) is -0.0271. The summed E-state index contributed by atoms with van der Waals surface area (Å²) in [5.41, 5.74) is 1.46. The number of carboxylic acid groups (broad SMARTS) is 1. The van der Waals surface area contributed by atoms with Crippen LogP contribution in [0.1, 0.15) is 10.4 Å². The van der Waals surface area contributed by atoms with Crippen molar-refractivity contribution in [2.24, 2.45) is 0 Å². The molecule has 6 heteroatoms. The summed E-state index contributed by atoms with van der Waals surface area (Å²) >= 11 is 9.29. The maximum absolute atomic E-state index is 11.2. The molecule has 110 valence electrons. The van der Waals surface area contributed by atoms with Crippen LogP contribution in [0.2, 0.25) is 5.02 Å². The summed E-state index contributed by atoms with van der Waals surface area (Å²) in [4.78, 5) is 11.2. The van der Waals surface area contributed by atoms with Crippen molar-refractivity contribution in [2.75, 3.05) is 13.2 Å². The minimum Gasteiger partial charge on any atom is -0.489 e. The number of hydrogen-bond acceptors (Lipinski definition) is 3. The molecule has 0 bridgehead atoms. The van der Waals surface area contributed by atoms with Crippen LogP contribution in [0, 0.1) is 0 Å². The van der Waals surface area contributed by atoms with Crippen molar-refractivity contribution >= 4 is 33.5 Å². The lowest BCUT2D eigenvalue weighted by Crippen LogP contribution is -2.05. The highest BCUT2D eigenvalue weighted by Gasteiger charge is 2.16. The van der Waals surface area contributed by atoms with E-state index in [0.717, 1.165) is 5.56 Å². The van der Waals surface area contributed by atoms with Gasteiger partial charge in [-0.05, 0) is 45.8 Å². The fourth-order valence-electron chi connectivity index (χ4n) is 1.88. The van der Waals surface area contributed by atoms with Gasteiger partial charge < -0.3 is 14.9 Å². The number of carboxylic acids is 1. The van der Waals surface area contributed by atoms with E-state index in [1.807, 2.05) is 6.07 Å². The summed E-state index contributed by atoms with van der Waals surface area (Å²) in [6.07, 6.45) is 0. The molecule has 0 aliphatic heterocycles. The number of benzene rings is 2. The standard InChI is InChI=1S/C15H12BrClO4/c16-13-8-10(15(19)20)7-12(14(13)21-5-4-18)9-2-1-3-11(17)6-9/h1-3,6-8,18H,4-5H2,(H,19,20). The lowest BCUT2D eigenvalue weighted by molar-refractivity contribution is 0.0696. The van der Waals surface area contributed by atoms with Crippen molar-refractivity contribution in [1.82, 2.24) is 0 Å². The molecule has 0 saturated heterocycles. The molecule has 0 fully saturated rings. The molecule has 0 aliphatic rings. The van der Waals surface area contributed by atoms with Crippen LogP contribution in [-0.2, 0) is 0 Å². The molecule has 21 heavy (non-hydrogen) atoms.